The largest absolute Gasteiger partial charge is 0.457 e. The fourth-order valence-electron chi connectivity index (χ4n) is 3.53. The van der Waals surface area contributed by atoms with Gasteiger partial charge in [0.05, 0.1) is 11.1 Å². The molecule has 1 N–H and O–H groups in total. The topological polar surface area (TPSA) is 41.6 Å². The summed E-state index contributed by atoms with van der Waals surface area (Å²) in [5.41, 5.74) is 2.23. The van der Waals surface area contributed by atoms with Crippen LogP contribution in [0.1, 0.15) is 51.9 Å². The van der Waals surface area contributed by atoms with Crippen LogP contribution in [-0.4, -0.2) is 29.1 Å². The van der Waals surface area contributed by atoms with Crippen molar-refractivity contribution in [3.05, 3.63) is 64.2 Å². The van der Waals surface area contributed by atoms with Crippen molar-refractivity contribution in [2.45, 2.75) is 45.9 Å². The Bertz CT molecular complexity index is 970. The van der Waals surface area contributed by atoms with Crippen LogP contribution in [0.5, 0.6) is 0 Å². The van der Waals surface area contributed by atoms with Gasteiger partial charge in [0, 0.05) is 18.8 Å². The smallest absolute Gasteiger partial charge is 0.416 e. The van der Waals surface area contributed by atoms with Crippen LogP contribution >= 0.6 is 12.2 Å². The Morgan fingerprint density at radius 1 is 1.10 bits per heavy atom. The molecule has 2 aromatic carbocycles. The number of carbonyl (C=O) groups is 1. The molecule has 0 aromatic heterocycles. The number of benzene rings is 2. The number of rotatable bonds is 4. The Balaban J connectivity index is 1.66. The van der Waals surface area contributed by atoms with Crippen LogP contribution < -0.4 is 5.32 Å². The Morgan fingerprint density at radius 2 is 1.81 bits per heavy atom. The first-order valence-electron chi connectivity index (χ1n) is 10.2. The first-order valence-corrected chi connectivity index (χ1v) is 10.6. The molecule has 4 nitrogen and oxygen atoms in total. The number of carbonyl (C=O) groups excluding carboxylic acids is 1. The molecule has 0 bridgehead atoms. The summed E-state index contributed by atoms with van der Waals surface area (Å²) in [4.78, 5) is 14.7. The number of hydrogen-bond acceptors (Lipinski definition) is 3. The lowest BCUT2D eigenvalue weighted by molar-refractivity contribution is -0.137. The summed E-state index contributed by atoms with van der Waals surface area (Å²) in [5.74, 6) is -0.580. The van der Waals surface area contributed by atoms with Crippen LogP contribution in [0, 0.1) is 13.8 Å². The van der Waals surface area contributed by atoms with Gasteiger partial charge in [-0.3, -0.25) is 0 Å². The van der Waals surface area contributed by atoms with E-state index in [2.05, 4.69) is 10.2 Å². The lowest BCUT2D eigenvalue weighted by Crippen LogP contribution is -2.38. The summed E-state index contributed by atoms with van der Waals surface area (Å²) in [6, 6.07) is 8.32. The highest BCUT2D eigenvalue weighted by atomic mass is 32.1. The number of likely N-dealkylation sites (tertiary alicyclic amines) is 1. The van der Waals surface area contributed by atoms with Gasteiger partial charge in [0.2, 0.25) is 0 Å². The van der Waals surface area contributed by atoms with E-state index in [1.807, 2.05) is 13.0 Å². The molecule has 0 unspecified atom stereocenters. The third-order valence-electron chi connectivity index (χ3n) is 5.30. The molecule has 1 fully saturated rings. The monoisotopic (exact) mass is 450 g/mol. The Hall–Kier alpha value is -2.61. The number of piperidine rings is 1. The van der Waals surface area contributed by atoms with E-state index < -0.39 is 17.7 Å². The number of hydrogen-bond donors (Lipinski definition) is 1. The van der Waals surface area contributed by atoms with Crippen LogP contribution in [-0.2, 0) is 17.5 Å². The third kappa shape index (κ3) is 5.97. The van der Waals surface area contributed by atoms with Crippen molar-refractivity contribution >= 4 is 29.0 Å². The minimum absolute atomic E-state index is 0.236. The van der Waals surface area contributed by atoms with Gasteiger partial charge in [-0.25, -0.2) is 4.79 Å². The second-order valence-electron chi connectivity index (χ2n) is 7.73. The van der Waals surface area contributed by atoms with Gasteiger partial charge >= 0.3 is 12.1 Å². The van der Waals surface area contributed by atoms with Gasteiger partial charge in [0.15, 0.2) is 5.11 Å². The highest BCUT2D eigenvalue weighted by Crippen LogP contribution is 2.30. The molecule has 1 saturated heterocycles. The van der Waals surface area contributed by atoms with E-state index in [1.165, 1.54) is 18.6 Å². The van der Waals surface area contributed by atoms with Crippen molar-refractivity contribution in [1.29, 1.82) is 0 Å². The molecule has 166 valence electrons. The summed E-state index contributed by atoms with van der Waals surface area (Å²) in [6.07, 6.45) is -0.979. The van der Waals surface area contributed by atoms with E-state index >= 15 is 0 Å². The molecule has 3 rings (SSSR count). The second-order valence-corrected chi connectivity index (χ2v) is 8.12. The molecule has 0 aliphatic carbocycles. The normalized spacial score (nSPS) is 14.3. The van der Waals surface area contributed by atoms with E-state index in [-0.39, 0.29) is 12.2 Å². The van der Waals surface area contributed by atoms with Crippen LogP contribution in [0.3, 0.4) is 0 Å². The highest BCUT2D eigenvalue weighted by molar-refractivity contribution is 7.80. The van der Waals surface area contributed by atoms with Gasteiger partial charge in [-0.2, -0.15) is 13.2 Å². The number of halogens is 3. The Labute approximate surface area is 185 Å². The summed E-state index contributed by atoms with van der Waals surface area (Å²) in [5, 5.41) is 3.93. The Kier molecular flexibility index (Phi) is 7.20. The third-order valence-corrected chi connectivity index (χ3v) is 5.66. The molecular formula is C23H25F3N2O2S. The zero-order valence-corrected chi connectivity index (χ0v) is 18.3. The van der Waals surface area contributed by atoms with Gasteiger partial charge in [-0.05, 0) is 86.3 Å². The van der Waals surface area contributed by atoms with Crippen molar-refractivity contribution < 1.29 is 22.7 Å². The van der Waals surface area contributed by atoms with E-state index in [0.29, 0.717) is 16.2 Å². The summed E-state index contributed by atoms with van der Waals surface area (Å²) >= 11 is 5.52. The predicted molar refractivity (Wildman–Crippen MR) is 118 cm³/mol. The quantitative estimate of drug-likeness (QED) is 0.467. The summed E-state index contributed by atoms with van der Waals surface area (Å²) < 4.78 is 43.8. The van der Waals surface area contributed by atoms with Crippen molar-refractivity contribution in [2.24, 2.45) is 0 Å². The maximum absolute atomic E-state index is 12.9. The van der Waals surface area contributed by atoms with Crippen molar-refractivity contribution in [2.75, 3.05) is 18.4 Å². The summed E-state index contributed by atoms with van der Waals surface area (Å²) in [6.45, 7) is 5.29. The average molecular weight is 451 g/mol. The molecule has 1 heterocycles. The van der Waals surface area contributed by atoms with Crippen molar-refractivity contribution in [1.82, 2.24) is 4.90 Å². The second kappa shape index (κ2) is 9.68. The molecule has 0 radical (unpaired) electrons. The van der Waals surface area contributed by atoms with E-state index in [9.17, 15) is 18.0 Å². The lowest BCUT2D eigenvalue weighted by Gasteiger charge is -2.29. The van der Waals surface area contributed by atoms with Gasteiger partial charge < -0.3 is 15.0 Å². The SMILES string of the molecule is Cc1cc(C(=O)OCc2cccc(C(F)(F)F)c2)c(C)cc1NC(=S)N1CCCCC1. The average Bonchev–Trinajstić information content (AvgIpc) is 2.74. The molecule has 0 atom stereocenters. The molecule has 31 heavy (non-hydrogen) atoms. The molecular weight excluding hydrogens is 425 g/mol. The Morgan fingerprint density at radius 3 is 2.48 bits per heavy atom. The van der Waals surface area contributed by atoms with Gasteiger partial charge in [0.25, 0.3) is 0 Å². The fraction of sp³-hybridized carbons (Fsp3) is 0.391. The molecule has 1 aliphatic heterocycles. The van der Waals surface area contributed by atoms with E-state index in [4.69, 9.17) is 17.0 Å². The zero-order chi connectivity index (χ0) is 22.6. The number of alkyl halides is 3. The van der Waals surface area contributed by atoms with Gasteiger partial charge in [-0.1, -0.05) is 12.1 Å². The number of nitrogens with one attached hydrogen (secondary N) is 1. The van der Waals surface area contributed by atoms with E-state index in [0.717, 1.165) is 49.3 Å². The van der Waals surface area contributed by atoms with Crippen molar-refractivity contribution in [3.63, 3.8) is 0 Å². The van der Waals surface area contributed by atoms with Crippen molar-refractivity contribution in [3.8, 4) is 0 Å². The maximum Gasteiger partial charge on any atom is 0.416 e. The van der Waals surface area contributed by atoms with Crippen LogP contribution in [0.2, 0.25) is 0 Å². The predicted octanol–water partition coefficient (Wildman–Crippen LogP) is 5.86. The number of anilines is 1. The molecule has 8 heteroatoms. The van der Waals surface area contributed by atoms with Crippen LogP contribution in [0.25, 0.3) is 0 Å². The first-order chi connectivity index (χ1) is 14.6. The number of esters is 1. The lowest BCUT2D eigenvalue weighted by atomic mass is 10.0. The number of ether oxygens (including phenoxy) is 1. The zero-order valence-electron chi connectivity index (χ0n) is 17.5. The molecule has 0 saturated carbocycles. The fourth-order valence-corrected chi connectivity index (χ4v) is 3.82. The van der Waals surface area contributed by atoms with Crippen LogP contribution in [0.4, 0.5) is 18.9 Å². The number of thiocarbonyl (C=S) groups is 1. The van der Waals surface area contributed by atoms with E-state index in [1.54, 1.807) is 13.0 Å². The van der Waals surface area contributed by atoms with Gasteiger partial charge in [0.1, 0.15) is 6.61 Å². The number of nitrogens with zero attached hydrogens (tertiary/aromatic N) is 1. The highest BCUT2D eigenvalue weighted by Gasteiger charge is 2.30. The molecule has 1 aliphatic rings. The molecule has 0 amide bonds. The standard InChI is InChI=1S/C23H25F3N2O2S/c1-15-12-20(27-22(31)28-9-4-3-5-10-28)16(2)11-19(15)21(29)30-14-17-7-6-8-18(13-17)23(24,25)26/h6-8,11-13H,3-5,9-10,14H2,1-2H3,(H,27,31). The minimum atomic E-state index is -4.44. The number of aryl methyl sites for hydroxylation is 2. The molecule has 2 aromatic rings. The molecule has 0 spiro atoms. The first kappa shape index (κ1) is 23.1. The maximum atomic E-state index is 12.9. The van der Waals surface area contributed by atoms with Gasteiger partial charge in [-0.15, -0.1) is 0 Å². The van der Waals surface area contributed by atoms with Crippen LogP contribution in [0.15, 0.2) is 36.4 Å². The minimum Gasteiger partial charge on any atom is -0.457 e. The summed E-state index contributed by atoms with van der Waals surface area (Å²) in [7, 11) is 0.